The molecule has 0 saturated heterocycles. The van der Waals surface area contributed by atoms with Crippen LogP contribution in [-0.2, 0) is 4.79 Å². The lowest BCUT2D eigenvalue weighted by atomic mass is 9.45. The van der Waals surface area contributed by atoms with Crippen molar-refractivity contribution in [3.63, 3.8) is 0 Å². The van der Waals surface area contributed by atoms with Crippen molar-refractivity contribution in [3.8, 4) is 0 Å². The fraction of sp³-hybridized carbons (Fsp3) is 0.893. The number of aliphatic hydroxyl groups excluding tert-OH is 4. The molecule has 0 radical (unpaired) electrons. The van der Waals surface area contributed by atoms with Crippen molar-refractivity contribution in [2.75, 3.05) is 6.61 Å². The Morgan fingerprint density at radius 3 is 2.37 bits per heavy atom. The molecule has 3 saturated carbocycles. The van der Waals surface area contributed by atoms with E-state index in [1.807, 2.05) is 27.7 Å². The molecule has 0 heterocycles. The van der Waals surface area contributed by atoms with Crippen LogP contribution < -0.4 is 0 Å². The van der Waals surface area contributed by atoms with Crippen LogP contribution in [0.1, 0.15) is 79.6 Å². The van der Waals surface area contributed by atoms with Crippen molar-refractivity contribution in [1.29, 1.82) is 0 Å². The summed E-state index contributed by atoms with van der Waals surface area (Å²) in [7, 11) is 0. The average molecular weight is 495 g/mol. The zero-order valence-electron chi connectivity index (χ0n) is 21.9. The smallest absolute Gasteiger partial charge is 0.159 e. The number of allylic oxidation sites excluding steroid dienone is 1. The Bertz CT molecular complexity index is 867. The largest absolute Gasteiger partial charge is 0.396 e. The van der Waals surface area contributed by atoms with E-state index < -0.39 is 40.3 Å². The van der Waals surface area contributed by atoms with Crippen molar-refractivity contribution in [2.45, 2.75) is 109 Å². The molecule has 4 aliphatic rings. The number of fused-ring (bicyclic) bond motifs is 5. The molecule has 11 atom stereocenters. The van der Waals surface area contributed by atoms with E-state index in [4.69, 9.17) is 0 Å². The van der Waals surface area contributed by atoms with Crippen LogP contribution in [0.3, 0.4) is 0 Å². The standard InChI is InChI=1S/C28H46O7/c1-15(2)16(14-29)10-24(33)27(5,34)23-7-9-28(35)18-11-20(30)19-12-21(31)22(32)13-25(19,3)17(18)6-8-26(23,28)4/h11,15-17,19,21-24,29,31-35H,6-10,12-14H2,1-5H3/t16-,17+,19+,21-,22+,23+,24-,25-,26-,27-,28-/m1/s1. The summed E-state index contributed by atoms with van der Waals surface area (Å²) in [6, 6.07) is 0. The van der Waals surface area contributed by atoms with Crippen LogP contribution in [0.4, 0.5) is 0 Å². The summed E-state index contributed by atoms with van der Waals surface area (Å²) in [6.45, 7) is 9.56. The Morgan fingerprint density at radius 2 is 1.77 bits per heavy atom. The molecule has 200 valence electrons. The highest BCUT2D eigenvalue weighted by Crippen LogP contribution is 2.68. The first-order valence-corrected chi connectivity index (χ1v) is 13.5. The molecular weight excluding hydrogens is 448 g/mol. The minimum Gasteiger partial charge on any atom is -0.396 e. The van der Waals surface area contributed by atoms with Crippen molar-refractivity contribution >= 4 is 5.78 Å². The Balaban J connectivity index is 1.67. The molecule has 0 unspecified atom stereocenters. The number of ketones is 1. The molecule has 0 aromatic rings. The quantitative estimate of drug-likeness (QED) is 0.332. The monoisotopic (exact) mass is 494 g/mol. The summed E-state index contributed by atoms with van der Waals surface area (Å²) in [5, 5.41) is 65.6. The molecule has 6 N–H and O–H groups in total. The van der Waals surface area contributed by atoms with Crippen molar-refractivity contribution in [3.05, 3.63) is 11.6 Å². The van der Waals surface area contributed by atoms with Crippen LogP contribution in [0.15, 0.2) is 11.6 Å². The zero-order chi connectivity index (χ0) is 26.1. The molecular formula is C28H46O7. The highest BCUT2D eigenvalue weighted by molar-refractivity contribution is 5.95. The summed E-state index contributed by atoms with van der Waals surface area (Å²) in [6.07, 6.45) is 1.82. The predicted octanol–water partition coefficient (Wildman–Crippen LogP) is 1.96. The van der Waals surface area contributed by atoms with E-state index in [-0.39, 0.29) is 54.8 Å². The van der Waals surface area contributed by atoms with Gasteiger partial charge in [0, 0.05) is 17.9 Å². The number of carbonyl (C=O) groups excluding carboxylic acids is 1. The lowest BCUT2D eigenvalue weighted by Crippen LogP contribution is -2.63. The van der Waals surface area contributed by atoms with Crippen LogP contribution in [0.2, 0.25) is 0 Å². The Hall–Kier alpha value is -0.830. The first kappa shape index (κ1) is 27.2. The molecule has 7 heteroatoms. The highest BCUT2D eigenvalue weighted by atomic mass is 16.3. The Labute approximate surface area is 209 Å². The van der Waals surface area contributed by atoms with E-state index in [0.717, 1.165) is 0 Å². The lowest BCUT2D eigenvalue weighted by Gasteiger charge is -2.60. The predicted molar refractivity (Wildman–Crippen MR) is 131 cm³/mol. The summed E-state index contributed by atoms with van der Waals surface area (Å²) >= 11 is 0. The minimum absolute atomic E-state index is 0.0619. The third-order valence-electron chi connectivity index (χ3n) is 11.2. The van der Waals surface area contributed by atoms with Gasteiger partial charge in [0.25, 0.3) is 0 Å². The van der Waals surface area contributed by atoms with Gasteiger partial charge in [-0.15, -0.1) is 0 Å². The van der Waals surface area contributed by atoms with E-state index in [2.05, 4.69) is 0 Å². The zero-order valence-corrected chi connectivity index (χ0v) is 21.9. The maximum Gasteiger partial charge on any atom is 0.159 e. The number of carbonyl (C=O) groups is 1. The summed E-state index contributed by atoms with van der Waals surface area (Å²) in [5.74, 6) is -0.921. The maximum atomic E-state index is 13.3. The molecule has 0 aromatic carbocycles. The Morgan fingerprint density at radius 1 is 1.11 bits per heavy atom. The molecule has 0 aromatic heterocycles. The lowest BCUT2D eigenvalue weighted by molar-refractivity contribution is -0.178. The molecule has 0 aliphatic heterocycles. The first-order valence-electron chi connectivity index (χ1n) is 13.5. The number of hydrogen-bond donors (Lipinski definition) is 6. The molecule has 0 amide bonds. The van der Waals surface area contributed by atoms with Gasteiger partial charge in [-0.05, 0) is 92.6 Å². The maximum absolute atomic E-state index is 13.3. The summed E-state index contributed by atoms with van der Waals surface area (Å²) in [4.78, 5) is 13.3. The van der Waals surface area contributed by atoms with Gasteiger partial charge in [0.2, 0.25) is 0 Å². The van der Waals surface area contributed by atoms with Gasteiger partial charge in [0.1, 0.15) is 0 Å². The number of aliphatic hydroxyl groups is 6. The second kappa shape index (κ2) is 8.88. The van der Waals surface area contributed by atoms with Crippen molar-refractivity contribution in [1.82, 2.24) is 0 Å². The van der Waals surface area contributed by atoms with Gasteiger partial charge in [-0.25, -0.2) is 0 Å². The van der Waals surface area contributed by atoms with Crippen molar-refractivity contribution in [2.24, 2.45) is 40.4 Å². The highest BCUT2D eigenvalue weighted by Gasteiger charge is 2.69. The molecule has 4 aliphatic carbocycles. The fourth-order valence-corrected chi connectivity index (χ4v) is 8.62. The molecule has 0 spiro atoms. The average Bonchev–Trinajstić information content (AvgIpc) is 3.05. The van der Waals surface area contributed by atoms with Crippen LogP contribution in [-0.4, -0.2) is 72.5 Å². The van der Waals surface area contributed by atoms with Crippen LogP contribution in [0.5, 0.6) is 0 Å². The van der Waals surface area contributed by atoms with E-state index in [0.29, 0.717) is 37.7 Å². The number of rotatable bonds is 6. The van der Waals surface area contributed by atoms with Crippen LogP contribution in [0, 0.1) is 40.4 Å². The molecule has 4 rings (SSSR count). The SMILES string of the molecule is CC(C)[C@@H](CO)C[C@@H](O)[C@](C)(O)[C@H]1CC[C@@]2(O)C3=CC(=O)[C@@H]4C[C@@H](O)[C@@H](O)C[C@]4(C)[C@H]3CC[C@]12C. The van der Waals surface area contributed by atoms with Crippen molar-refractivity contribution < 1.29 is 35.4 Å². The minimum atomic E-state index is -1.47. The second-order valence-corrected chi connectivity index (χ2v) is 13.3. The first-order chi connectivity index (χ1) is 16.1. The number of hydrogen-bond acceptors (Lipinski definition) is 7. The summed E-state index contributed by atoms with van der Waals surface area (Å²) < 4.78 is 0. The molecule has 0 bridgehead atoms. The van der Waals surface area contributed by atoms with Gasteiger partial charge >= 0.3 is 0 Å². The summed E-state index contributed by atoms with van der Waals surface area (Å²) in [5.41, 5.74) is -3.32. The van der Waals surface area contributed by atoms with E-state index >= 15 is 0 Å². The fourth-order valence-electron chi connectivity index (χ4n) is 8.62. The van der Waals surface area contributed by atoms with Gasteiger partial charge in [-0.2, -0.15) is 0 Å². The van der Waals surface area contributed by atoms with Crippen LogP contribution in [0.25, 0.3) is 0 Å². The molecule has 3 fully saturated rings. The van der Waals surface area contributed by atoms with Gasteiger partial charge < -0.3 is 30.6 Å². The third-order valence-corrected chi connectivity index (χ3v) is 11.2. The second-order valence-electron chi connectivity index (χ2n) is 13.3. The van der Waals surface area contributed by atoms with E-state index in [9.17, 15) is 35.4 Å². The Kier molecular flexibility index (Phi) is 6.91. The molecule has 35 heavy (non-hydrogen) atoms. The molecule has 7 nitrogen and oxygen atoms in total. The van der Waals surface area contributed by atoms with Gasteiger partial charge in [0.05, 0.1) is 29.5 Å². The van der Waals surface area contributed by atoms with Gasteiger partial charge in [0.15, 0.2) is 5.78 Å². The van der Waals surface area contributed by atoms with Crippen LogP contribution >= 0.6 is 0 Å². The van der Waals surface area contributed by atoms with E-state index in [1.165, 1.54) is 0 Å². The topological polar surface area (TPSA) is 138 Å². The van der Waals surface area contributed by atoms with Gasteiger partial charge in [-0.1, -0.05) is 27.7 Å². The van der Waals surface area contributed by atoms with Gasteiger partial charge in [-0.3, -0.25) is 4.79 Å². The third kappa shape index (κ3) is 3.88. The normalized spacial score (nSPS) is 46.8. The van der Waals surface area contributed by atoms with E-state index in [1.54, 1.807) is 13.0 Å².